The van der Waals surface area contributed by atoms with Crippen molar-refractivity contribution >= 4 is 23.5 Å². The molecule has 4 rings (SSSR count). The summed E-state index contributed by atoms with van der Waals surface area (Å²) >= 11 is 0. The summed E-state index contributed by atoms with van der Waals surface area (Å²) in [7, 11) is 0. The summed E-state index contributed by atoms with van der Waals surface area (Å²) in [4.78, 5) is 44.1. The van der Waals surface area contributed by atoms with Crippen molar-refractivity contribution in [1.29, 1.82) is 0 Å². The van der Waals surface area contributed by atoms with Crippen LogP contribution in [0.4, 0.5) is 5.69 Å². The molecule has 1 heterocycles. The lowest BCUT2D eigenvalue weighted by molar-refractivity contribution is -0.156. The van der Waals surface area contributed by atoms with Gasteiger partial charge >= 0.3 is 11.9 Å². The molecule has 0 aliphatic carbocycles. The maximum Gasteiger partial charge on any atom is 0.394 e. The van der Waals surface area contributed by atoms with Gasteiger partial charge in [0.2, 0.25) is 5.91 Å². The number of aliphatic carboxylic acids is 1. The highest BCUT2D eigenvalue weighted by Gasteiger charge is 2.27. The van der Waals surface area contributed by atoms with Gasteiger partial charge in [-0.3, -0.25) is 14.5 Å². The van der Waals surface area contributed by atoms with Crippen LogP contribution in [0.3, 0.4) is 0 Å². The molecule has 0 spiro atoms. The minimum atomic E-state index is -1.49. The lowest BCUT2D eigenvalue weighted by Crippen LogP contribution is -2.41. The molecule has 0 saturated heterocycles. The van der Waals surface area contributed by atoms with Crippen molar-refractivity contribution in [3.8, 4) is 16.9 Å². The number of carboxylic acid groups (broad SMARTS) is 1. The average molecular weight is 600 g/mol. The van der Waals surface area contributed by atoms with Gasteiger partial charge in [-0.1, -0.05) is 82.3 Å². The molecule has 1 aliphatic heterocycles. The number of hydrogen-bond acceptors (Lipinski definition) is 5. The summed E-state index contributed by atoms with van der Waals surface area (Å²) in [5.41, 5.74) is 4.45. The van der Waals surface area contributed by atoms with Gasteiger partial charge in [0, 0.05) is 51.4 Å². The Kier molecular flexibility index (Phi) is 11.6. The van der Waals surface area contributed by atoms with Gasteiger partial charge in [0.15, 0.2) is 0 Å². The zero-order valence-electron chi connectivity index (χ0n) is 26.4. The highest BCUT2D eigenvalue weighted by Crippen LogP contribution is 2.32. The minimum absolute atomic E-state index is 0.0115. The molecule has 1 N–H and O–H groups in total. The summed E-state index contributed by atoms with van der Waals surface area (Å²) in [6, 6.07) is 23.9. The van der Waals surface area contributed by atoms with Gasteiger partial charge in [0.1, 0.15) is 5.75 Å². The lowest BCUT2D eigenvalue weighted by Gasteiger charge is -2.28. The predicted molar refractivity (Wildman–Crippen MR) is 173 cm³/mol. The fraction of sp³-hybridized carbons (Fsp3) is 0.417. The van der Waals surface area contributed by atoms with Gasteiger partial charge in [-0.05, 0) is 58.7 Å². The van der Waals surface area contributed by atoms with E-state index in [1.807, 2.05) is 79.4 Å². The zero-order chi connectivity index (χ0) is 31.6. The van der Waals surface area contributed by atoms with Gasteiger partial charge in [-0.2, -0.15) is 0 Å². The van der Waals surface area contributed by atoms with E-state index in [4.69, 9.17) is 4.74 Å². The number of rotatable bonds is 8. The van der Waals surface area contributed by atoms with Crippen LogP contribution in [0, 0.1) is 11.8 Å². The fourth-order valence-corrected chi connectivity index (χ4v) is 5.42. The molecule has 0 aromatic heterocycles. The summed E-state index contributed by atoms with van der Waals surface area (Å²) in [5.74, 6) is -1.09. The third kappa shape index (κ3) is 9.16. The highest BCUT2D eigenvalue weighted by atomic mass is 16.5. The molecule has 0 fully saturated rings. The van der Waals surface area contributed by atoms with E-state index in [1.54, 1.807) is 0 Å². The second-order valence-corrected chi connectivity index (χ2v) is 12.4. The van der Waals surface area contributed by atoms with Gasteiger partial charge < -0.3 is 19.6 Å². The van der Waals surface area contributed by atoms with E-state index in [9.17, 15) is 19.5 Å². The second-order valence-electron chi connectivity index (χ2n) is 12.4. The lowest BCUT2D eigenvalue weighted by atomic mass is 10.00. The Bertz CT molecular complexity index is 1420. The minimum Gasteiger partial charge on any atom is -0.493 e. The summed E-state index contributed by atoms with van der Waals surface area (Å²) in [5, 5.41) is 9.68. The molecule has 0 bridgehead atoms. The predicted octanol–water partition coefficient (Wildman–Crippen LogP) is 6.09. The Hall–Kier alpha value is -4.17. The molecular formula is C36H45N3O5. The largest absolute Gasteiger partial charge is 0.493 e. The van der Waals surface area contributed by atoms with E-state index in [1.165, 1.54) is 4.90 Å². The Morgan fingerprint density at radius 1 is 0.818 bits per heavy atom. The number of ether oxygens (including phenoxy) is 1. The third-order valence-corrected chi connectivity index (χ3v) is 7.63. The molecule has 3 aromatic rings. The highest BCUT2D eigenvalue weighted by molar-refractivity contribution is 6.31. The molecule has 1 aliphatic rings. The number of nitrogens with zero attached hydrogens (tertiary/aromatic N) is 3. The Balaban J connectivity index is 1.74. The molecule has 0 unspecified atom stereocenters. The maximum absolute atomic E-state index is 13.8. The van der Waals surface area contributed by atoms with E-state index in [0.29, 0.717) is 50.8 Å². The number of carbonyl (C=O) groups excluding carboxylic acids is 2. The van der Waals surface area contributed by atoms with Crippen molar-refractivity contribution in [2.75, 3.05) is 37.7 Å². The standard InChI is InChI=1S/C36H45N3O5/c1-26(2)20-34(40)39-17-9-16-37(23-28-10-6-5-7-11-28)18-19-38(35(41)36(42)43)24-31-15-14-30(22-33(31)39)29-12-8-13-32(21-29)44-25-27(3)4/h5-8,10-15,21-22,26-27H,9,16-20,23-25H2,1-4H3,(H,42,43). The topological polar surface area (TPSA) is 90.4 Å². The SMILES string of the molecule is CC(C)COc1cccc(-c2ccc3c(c2)N(C(=O)CC(C)C)CCCN(Cc2ccccc2)CCN(C(=O)C(=O)O)C3)c1. The van der Waals surface area contributed by atoms with Crippen molar-refractivity contribution in [1.82, 2.24) is 9.80 Å². The second kappa shape index (κ2) is 15.5. The van der Waals surface area contributed by atoms with Crippen molar-refractivity contribution < 1.29 is 24.2 Å². The molecule has 8 nitrogen and oxygen atoms in total. The van der Waals surface area contributed by atoms with Crippen LogP contribution in [0.5, 0.6) is 5.75 Å². The van der Waals surface area contributed by atoms with E-state index >= 15 is 0 Å². The number of amides is 2. The fourth-order valence-electron chi connectivity index (χ4n) is 5.42. The number of benzene rings is 3. The molecule has 0 radical (unpaired) electrons. The summed E-state index contributed by atoms with van der Waals surface area (Å²) < 4.78 is 5.97. The van der Waals surface area contributed by atoms with Crippen LogP contribution in [0.1, 0.15) is 51.7 Å². The molecule has 0 saturated carbocycles. The van der Waals surface area contributed by atoms with Crippen LogP contribution < -0.4 is 9.64 Å². The first-order valence-electron chi connectivity index (χ1n) is 15.6. The number of hydrogen-bond donors (Lipinski definition) is 1. The van der Waals surface area contributed by atoms with Crippen molar-refractivity contribution in [2.24, 2.45) is 11.8 Å². The van der Waals surface area contributed by atoms with Crippen LogP contribution in [0.2, 0.25) is 0 Å². The monoisotopic (exact) mass is 599 g/mol. The van der Waals surface area contributed by atoms with E-state index in [2.05, 4.69) is 30.9 Å². The molecular weight excluding hydrogens is 554 g/mol. The number of carboxylic acids is 1. The van der Waals surface area contributed by atoms with E-state index in [-0.39, 0.29) is 24.9 Å². The first-order chi connectivity index (χ1) is 21.1. The number of fused-ring (bicyclic) bond motifs is 1. The number of carbonyl (C=O) groups is 3. The van der Waals surface area contributed by atoms with Crippen molar-refractivity contribution in [2.45, 2.75) is 53.6 Å². The van der Waals surface area contributed by atoms with E-state index < -0.39 is 11.9 Å². The summed E-state index contributed by atoms with van der Waals surface area (Å²) in [6.45, 7) is 11.6. The smallest absolute Gasteiger partial charge is 0.394 e. The quantitative estimate of drug-likeness (QED) is 0.316. The van der Waals surface area contributed by atoms with Crippen molar-refractivity contribution in [3.63, 3.8) is 0 Å². The molecule has 3 aromatic carbocycles. The Morgan fingerprint density at radius 3 is 2.27 bits per heavy atom. The number of anilines is 1. The molecule has 8 heteroatoms. The van der Waals surface area contributed by atoms with Crippen LogP contribution in [-0.4, -0.2) is 65.5 Å². The molecule has 44 heavy (non-hydrogen) atoms. The molecule has 234 valence electrons. The molecule has 2 amide bonds. The van der Waals surface area contributed by atoms with Crippen LogP contribution in [0.25, 0.3) is 11.1 Å². The third-order valence-electron chi connectivity index (χ3n) is 7.63. The van der Waals surface area contributed by atoms with E-state index in [0.717, 1.165) is 34.4 Å². The van der Waals surface area contributed by atoms with Crippen LogP contribution in [-0.2, 0) is 27.5 Å². The van der Waals surface area contributed by atoms with Crippen LogP contribution in [0.15, 0.2) is 72.8 Å². The Labute approximate surface area is 261 Å². The summed E-state index contributed by atoms with van der Waals surface area (Å²) in [6.07, 6.45) is 1.11. The average Bonchev–Trinajstić information content (AvgIpc) is 3.03. The first-order valence-corrected chi connectivity index (χ1v) is 15.6. The normalized spacial score (nSPS) is 14.7. The Morgan fingerprint density at radius 2 is 1.57 bits per heavy atom. The van der Waals surface area contributed by atoms with Gasteiger partial charge in [0.05, 0.1) is 6.61 Å². The van der Waals surface area contributed by atoms with Gasteiger partial charge in [-0.15, -0.1) is 0 Å². The van der Waals surface area contributed by atoms with Crippen LogP contribution >= 0.6 is 0 Å². The first kappa shape index (κ1) is 32.7. The van der Waals surface area contributed by atoms with Crippen molar-refractivity contribution in [3.05, 3.63) is 83.9 Å². The maximum atomic E-state index is 13.8. The van der Waals surface area contributed by atoms with Gasteiger partial charge in [-0.25, -0.2) is 4.79 Å². The molecule has 0 atom stereocenters. The zero-order valence-corrected chi connectivity index (χ0v) is 26.4. The van der Waals surface area contributed by atoms with Gasteiger partial charge in [0.25, 0.3) is 0 Å².